The number of hydrogen-bond donors (Lipinski definition) is 1. The number of furan rings is 1. The smallest absolute Gasteiger partial charge is 0.318 e. The average molecular weight is 330 g/mol. The highest BCUT2D eigenvalue weighted by atomic mass is 16.5. The molecule has 6 heteroatoms. The minimum Gasteiger partial charge on any atom is -0.493 e. The Morgan fingerprint density at radius 1 is 1.29 bits per heavy atom. The van der Waals surface area contributed by atoms with Crippen LogP contribution in [0.1, 0.15) is 30.0 Å². The van der Waals surface area contributed by atoms with Crippen LogP contribution in [-0.4, -0.2) is 31.7 Å². The molecule has 24 heavy (non-hydrogen) atoms. The third-order valence-corrected chi connectivity index (χ3v) is 4.33. The summed E-state index contributed by atoms with van der Waals surface area (Å²) < 4.78 is 15.7. The van der Waals surface area contributed by atoms with Gasteiger partial charge in [0.2, 0.25) is 0 Å². The van der Waals surface area contributed by atoms with Crippen molar-refractivity contribution in [2.45, 2.75) is 25.4 Å². The van der Waals surface area contributed by atoms with Crippen molar-refractivity contribution in [3.63, 3.8) is 0 Å². The first-order chi connectivity index (χ1) is 11.7. The highest BCUT2D eigenvalue weighted by molar-refractivity contribution is 5.75. The Labute approximate surface area is 141 Å². The third kappa shape index (κ3) is 3.32. The van der Waals surface area contributed by atoms with Crippen molar-refractivity contribution in [3.05, 3.63) is 47.9 Å². The molecule has 1 saturated heterocycles. The van der Waals surface area contributed by atoms with E-state index in [0.29, 0.717) is 18.0 Å². The van der Waals surface area contributed by atoms with Gasteiger partial charge in [0.05, 0.1) is 32.8 Å². The second kappa shape index (κ2) is 7.29. The highest BCUT2D eigenvalue weighted by Gasteiger charge is 2.30. The van der Waals surface area contributed by atoms with Crippen LogP contribution in [-0.2, 0) is 6.54 Å². The fraction of sp³-hybridized carbons (Fsp3) is 0.389. The summed E-state index contributed by atoms with van der Waals surface area (Å²) in [4.78, 5) is 14.4. The summed E-state index contributed by atoms with van der Waals surface area (Å²) in [7, 11) is 3.23. The molecule has 1 fully saturated rings. The van der Waals surface area contributed by atoms with Crippen LogP contribution < -0.4 is 14.8 Å². The largest absolute Gasteiger partial charge is 0.493 e. The third-order valence-electron chi connectivity index (χ3n) is 4.33. The molecule has 2 aromatic rings. The van der Waals surface area contributed by atoms with E-state index in [1.54, 1.807) is 26.7 Å². The van der Waals surface area contributed by atoms with Crippen LogP contribution >= 0.6 is 0 Å². The van der Waals surface area contributed by atoms with E-state index in [1.807, 2.05) is 29.2 Å². The zero-order valence-electron chi connectivity index (χ0n) is 14.0. The molecule has 1 aromatic carbocycles. The maximum Gasteiger partial charge on any atom is 0.318 e. The molecule has 128 valence electrons. The second-order valence-electron chi connectivity index (χ2n) is 5.76. The molecule has 0 aliphatic carbocycles. The lowest BCUT2D eigenvalue weighted by Gasteiger charge is -2.26. The fourth-order valence-corrected chi connectivity index (χ4v) is 3.09. The van der Waals surface area contributed by atoms with Gasteiger partial charge in [-0.25, -0.2) is 4.79 Å². The van der Waals surface area contributed by atoms with Gasteiger partial charge in [-0.15, -0.1) is 0 Å². The van der Waals surface area contributed by atoms with Crippen molar-refractivity contribution in [3.8, 4) is 11.5 Å². The van der Waals surface area contributed by atoms with Crippen LogP contribution in [0.4, 0.5) is 4.79 Å². The summed E-state index contributed by atoms with van der Waals surface area (Å²) in [5.74, 6) is 1.37. The minimum absolute atomic E-state index is 0.0501. The van der Waals surface area contributed by atoms with Crippen LogP contribution in [0.25, 0.3) is 0 Å². The number of benzene rings is 1. The summed E-state index contributed by atoms with van der Waals surface area (Å²) >= 11 is 0. The van der Waals surface area contributed by atoms with E-state index in [-0.39, 0.29) is 12.1 Å². The zero-order chi connectivity index (χ0) is 16.9. The Morgan fingerprint density at radius 3 is 2.83 bits per heavy atom. The van der Waals surface area contributed by atoms with Gasteiger partial charge in [0.25, 0.3) is 0 Å². The van der Waals surface area contributed by atoms with E-state index in [2.05, 4.69) is 5.32 Å². The Balaban J connectivity index is 1.71. The maximum absolute atomic E-state index is 12.5. The van der Waals surface area contributed by atoms with E-state index in [4.69, 9.17) is 13.9 Å². The summed E-state index contributed by atoms with van der Waals surface area (Å²) in [6, 6.07) is 7.66. The van der Waals surface area contributed by atoms with Gasteiger partial charge in [-0.1, -0.05) is 6.07 Å². The van der Waals surface area contributed by atoms with Gasteiger partial charge < -0.3 is 24.1 Å². The quantitative estimate of drug-likeness (QED) is 0.913. The number of hydrogen-bond acceptors (Lipinski definition) is 4. The average Bonchev–Trinajstić information content (AvgIpc) is 3.30. The molecule has 1 aliphatic rings. The molecular formula is C18H22N2O4. The summed E-state index contributed by atoms with van der Waals surface area (Å²) in [5.41, 5.74) is 2.01. The molecule has 1 atom stereocenters. The van der Waals surface area contributed by atoms with Crippen LogP contribution in [0.5, 0.6) is 11.5 Å². The summed E-state index contributed by atoms with van der Waals surface area (Å²) in [5, 5.41) is 2.95. The van der Waals surface area contributed by atoms with E-state index >= 15 is 0 Å². The van der Waals surface area contributed by atoms with Gasteiger partial charge in [-0.05, 0) is 36.6 Å². The molecule has 6 nitrogen and oxygen atoms in total. The van der Waals surface area contributed by atoms with Gasteiger partial charge in [-0.2, -0.15) is 0 Å². The molecule has 1 aromatic heterocycles. The molecular weight excluding hydrogens is 308 g/mol. The number of rotatable bonds is 5. The van der Waals surface area contributed by atoms with Gasteiger partial charge in [0.15, 0.2) is 11.5 Å². The Hall–Kier alpha value is -2.63. The van der Waals surface area contributed by atoms with Crippen molar-refractivity contribution in [1.82, 2.24) is 10.2 Å². The number of methoxy groups -OCH3 is 2. The molecule has 0 spiro atoms. The summed E-state index contributed by atoms with van der Waals surface area (Å²) in [6.07, 6.45) is 5.16. The first-order valence-corrected chi connectivity index (χ1v) is 8.00. The number of carbonyl (C=O) groups excluding carboxylic acids is 1. The number of nitrogens with zero attached hydrogens (tertiary/aromatic N) is 1. The van der Waals surface area contributed by atoms with Gasteiger partial charge >= 0.3 is 6.03 Å². The fourth-order valence-electron chi connectivity index (χ4n) is 3.09. The Morgan fingerprint density at radius 2 is 2.12 bits per heavy atom. The van der Waals surface area contributed by atoms with Gasteiger partial charge in [0, 0.05) is 18.7 Å². The molecule has 2 amide bonds. The van der Waals surface area contributed by atoms with Gasteiger partial charge in [-0.3, -0.25) is 0 Å². The highest BCUT2D eigenvalue weighted by Crippen LogP contribution is 2.36. The van der Waals surface area contributed by atoms with Crippen molar-refractivity contribution in [1.29, 1.82) is 0 Å². The SMILES string of the molecule is COc1ccc([C@H]2CCCN2C(=O)NCc2ccoc2)cc1OC. The van der Waals surface area contributed by atoms with Crippen molar-refractivity contribution in [2.75, 3.05) is 20.8 Å². The van der Waals surface area contributed by atoms with Crippen LogP contribution in [0.3, 0.4) is 0 Å². The monoisotopic (exact) mass is 330 g/mol. The number of likely N-dealkylation sites (tertiary alicyclic amines) is 1. The first-order valence-electron chi connectivity index (χ1n) is 8.00. The molecule has 0 unspecified atom stereocenters. The maximum atomic E-state index is 12.5. The van der Waals surface area contributed by atoms with Crippen molar-refractivity contribution >= 4 is 6.03 Å². The number of carbonyl (C=O) groups is 1. The van der Waals surface area contributed by atoms with E-state index in [1.165, 1.54) is 0 Å². The molecule has 2 heterocycles. The van der Waals surface area contributed by atoms with E-state index < -0.39 is 0 Å². The summed E-state index contributed by atoms with van der Waals surface area (Å²) in [6.45, 7) is 1.21. The standard InChI is InChI=1S/C18H22N2O4/c1-22-16-6-5-14(10-17(16)23-2)15-4-3-8-20(15)18(21)19-11-13-7-9-24-12-13/h5-7,9-10,12,15H,3-4,8,11H2,1-2H3,(H,19,21)/t15-/m1/s1. The molecule has 1 aliphatic heterocycles. The topological polar surface area (TPSA) is 63.9 Å². The predicted molar refractivity (Wildman–Crippen MR) is 89.2 cm³/mol. The molecule has 1 N–H and O–H groups in total. The zero-order valence-corrected chi connectivity index (χ0v) is 14.0. The van der Waals surface area contributed by atoms with Crippen molar-refractivity contribution < 1.29 is 18.7 Å². The predicted octanol–water partition coefficient (Wildman–Crippen LogP) is 3.34. The number of nitrogens with one attached hydrogen (secondary N) is 1. The Kier molecular flexibility index (Phi) is 4.93. The van der Waals surface area contributed by atoms with E-state index in [9.17, 15) is 4.79 Å². The lowest BCUT2D eigenvalue weighted by Crippen LogP contribution is -2.39. The van der Waals surface area contributed by atoms with Crippen LogP contribution in [0.15, 0.2) is 41.2 Å². The number of ether oxygens (including phenoxy) is 2. The van der Waals surface area contributed by atoms with Crippen LogP contribution in [0, 0.1) is 0 Å². The van der Waals surface area contributed by atoms with Crippen LogP contribution in [0.2, 0.25) is 0 Å². The molecule has 0 radical (unpaired) electrons. The lowest BCUT2D eigenvalue weighted by molar-refractivity contribution is 0.192. The number of urea groups is 1. The molecule has 0 bridgehead atoms. The first kappa shape index (κ1) is 16.2. The van der Waals surface area contributed by atoms with Crippen molar-refractivity contribution in [2.24, 2.45) is 0 Å². The van der Waals surface area contributed by atoms with E-state index in [0.717, 1.165) is 30.5 Å². The number of amides is 2. The lowest BCUT2D eigenvalue weighted by atomic mass is 10.0. The molecule has 0 saturated carbocycles. The molecule has 3 rings (SSSR count). The van der Waals surface area contributed by atoms with Gasteiger partial charge in [0.1, 0.15) is 0 Å². The minimum atomic E-state index is -0.0616. The second-order valence-corrected chi connectivity index (χ2v) is 5.76. The Bertz CT molecular complexity index is 684. The normalized spacial score (nSPS) is 16.9.